The van der Waals surface area contributed by atoms with Crippen molar-refractivity contribution < 1.29 is 14.3 Å². The van der Waals surface area contributed by atoms with E-state index in [9.17, 15) is 9.59 Å². The fourth-order valence-corrected chi connectivity index (χ4v) is 4.15. The second kappa shape index (κ2) is 6.88. The van der Waals surface area contributed by atoms with Gasteiger partial charge in [0.25, 0.3) is 11.8 Å². The zero-order valence-corrected chi connectivity index (χ0v) is 14.7. The third-order valence-electron chi connectivity index (χ3n) is 4.81. The Bertz CT molecular complexity index is 788. The standard InChI is InChI=1S/C19H20N2O3S/c22-18(17-5-3-11-25-17)20-13-6-7-16-15(12-13)19(23)21-9-2-1-4-14(21)8-10-24-16/h3,5-7,11-12,14H,1-2,4,8-10H2,(H,20,22). The number of benzene rings is 1. The molecule has 2 amide bonds. The molecule has 25 heavy (non-hydrogen) atoms. The Morgan fingerprint density at radius 3 is 3.00 bits per heavy atom. The summed E-state index contributed by atoms with van der Waals surface area (Å²) in [7, 11) is 0. The van der Waals surface area contributed by atoms with Crippen LogP contribution in [-0.4, -0.2) is 35.9 Å². The molecule has 4 rings (SSSR count). The SMILES string of the molecule is O=C(Nc1ccc2c(c1)C(=O)N1CCCCC1CCO2)c1cccs1. The molecule has 0 spiro atoms. The molecule has 1 unspecified atom stereocenters. The lowest BCUT2D eigenvalue weighted by Gasteiger charge is -2.37. The van der Waals surface area contributed by atoms with Crippen LogP contribution in [0.2, 0.25) is 0 Å². The number of hydrogen-bond acceptors (Lipinski definition) is 4. The Labute approximate surface area is 150 Å². The van der Waals surface area contributed by atoms with Crippen molar-refractivity contribution in [3.63, 3.8) is 0 Å². The first-order valence-corrected chi connectivity index (χ1v) is 9.53. The van der Waals surface area contributed by atoms with Crippen LogP contribution in [0, 0.1) is 0 Å². The number of fused-ring (bicyclic) bond motifs is 2. The Morgan fingerprint density at radius 1 is 1.24 bits per heavy atom. The Hall–Kier alpha value is -2.34. The summed E-state index contributed by atoms with van der Waals surface area (Å²) in [5.41, 5.74) is 1.15. The van der Waals surface area contributed by atoms with E-state index in [4.69, 9.17) is 4.74 Å². The monoisotopic (exact) mass is 356 g/mol. The lowest BCUT2D eigenvalue weighted by molar-refractivity contribution is 0.0548. The molecule has 1 aromatic carbocycles. The molecule has 1 atom stereocenters. The van der Waals surface area contributed by atoms with Crippen LogP contribution in [0.3, 0.4) is 0 Å². The number of nitrogens with one attached hydrogen (secondary N) is 1. The fourth-order valence-electron chi connectivity index (χ4n) is 3.53. The van der Waals surface area contributed by atoms with Gasteiger partial charge in [0.05, 0.1) is 17.0 Å². The number of piperidine rings is 1. The van der Waals surface area contributed by atoms with Crippen molar-refractivity contribution in [2.75, 3.05) is 18.5 Å². The molecule has 1 N–H and O–H groups in total. The van der Waals surface area contributed by atoms with Crippen LogP contribution in [0.1, 0.15) is 45.7 Å². The van der Waals surface area contributed by atoms with Gasteiger partial charge in [-0.05, 0) is 48.9 Å². The van der Waals surface area contributed by atoms with Gasteiger partial charge < -0.3 is 15.0 Å². The van der Waals surface area contributed by atoms with Crippen molar-refractivity contribution in [1.29, 1.82) is 0 Å². The van der Waals surface area contributed by atoms with Crippen LogP contribution in [0.15, 0.2) is 35.7 Å². The Morgan fingerprint density at radius 2 is 2.16 bits per heavy atom. The van der Waals surface area contributed by atoms with E-state index in [0.717, 1.165) is 32.2 Å². The third kappa shape index (κ3) is 3.26. The first-order chi connectivity index (χ1) is 12.2. The summed E-state index contributed by atoms with van der Waals surface area (Å²) >= 11 is 1.39. The van der Waals surface area contributed by atoms with E-state index in [1.165, 1.54) is 11.3 Å². The molecular formula is C19H20N2O3S. The predicted octanol–water partition coefficient (Wildman–Crippen LogP) is 3.78. The maximum Gasteiger partial charge on any atom is 0.265 e. The van der Waals surface area contributed by atoms with Crippen molar-refractivity contribution in [3.8, 4) is 5.75 Å². The highest BCUT2D eigenvalue weighted by Gasteiger charge is 2.31. The van der Waals surface area contributed by atoms with Crippen LogP contribution < -0.4 is 10.1 Å². The number of hydrogen-bond donors (Lipinski definition) is 1. The van der Waals surface area contributed by atoms with Gasteiger partial charge in [-0.3, -0.25) is 9.59 Å². The maximum atomic E-state index is 13.0. The predicted molar refractivity (Wildman–Crippen MR) is 97.5 cm³/mol. The van der Waals surface area contributed by atoms with Crippen LogP contribution in [0.4, 0.5) is 5.69 Å². The molecule has 1 aromatic heterocycles. The fraction of sp³-hybridized carbons (Fsp3) is 0.368. The number of thiophene rings is 1. The molecule has 6 heteroatoms. The minimum absolute atomic E-state index is 0.00613. The van der Waals surface area contributed by atoms with E-state index in [1.54, 1.807) is 24.3 Å². The van der Waals surface area contributed by atoms with Gasteiger partial charge in [-0.25, -0.2) is 0 Å². The van der Waals surface area contributed by atoms with Crippen LogP contribution in [0.25, 0.3) is 0 Å². The second-order valence-electron chi connectivity index (χ2n) is 6.43. The summed E-state index contributed by atoms with van der Waals surface area (Å²) in [5, 5.41) is 4.73. The zero-order valence-electron chi connectivity index (χ0n) is 13.9. The van der Waals surface area contributed by atoms with E-state index in [2.05, 4.69) is 5.32 Å². The normalized spacial score (nSPS) is 19.9. The molecule has 2 aromatic rings. The van der Waals surface area contributed by atoms with Gasteiger partial charge in [0.15, 0.2) is 0 Å². The molecule has 5 nitrogen and oxygen atoms in total. The average molecular weight is 356 g/mol. The number of anilines is 1. The molecule has 2 aliphatic heterocycles. The van der Waals surface area contributed by atoms with Crippen molar-refractivity contribution in [2.24, 2.45) is 0 Å². The number of carbonyl (C=O) groups is 2. The number of amides is 2. The number of ether oxygens (including phenoxy) is 1. The van der Waals surface area contributed by atoms with Crippen molar-refractivity contribution in [1.82, 2.24) is 4.90 Å². The van der Waals surface area contributed by atoms with E-state index in [1.807, 2.05) is 16.3 Å². The number of carbonyl (C=O) groups excluding carboxylic acids is 2. The van der Waals surface area contributed by atoms with Crippen LogP contribution >= 0.6 is 11.3 Å². The smallest absolute Gasteiger partial charge is 0.265 e. The molecule has 0 saturated carbocycles. The topological polar surface area (TPSA) is 58.6 Å². The molecule has 3 heterocycles. The summed E-state index contributed by atoms with van der Waals surface area (Å²) in [4.78, 5) is 27.9. The molecular weight excluding hydrogens is 336 g/mol. The number of rotatable bonds is 2. The maximum absolute atomic E-state index is 13.0. The van der Waals surface area contributed by atoms with Gasteiger partial charge in [-0.15, -0.1) is 11.3 Å². The quantitative estimate of drug-likeness (QED) is 0.891. The summed E-state index contributed by atoms with van der Waals surface area (Å²) in [6, 6.07) is 9.18. The molecule has 1 saturated heterocycles. The van der Waals surface area contributed by atoms with Gasteiger partial charge in [-0.1, -0.05) is 6.07 Å². The first kappa shape index (κ1) is 16.1. The van der Waals surface area contributed by atoms with Gasteiger partial charge >= 0.3 is 0 Å². The van der Waals surface area contributed by atoms with Gasteiger partial charge in [0.1, 0.15) is 5.75 Å². The highest BCUT2D eigenvalue weighted by atomic mass is 32.1. The molecule has 0 radical (unpaired) electrons. The summed E-state index contributed by atoms with van der Waals surface area (Å²) < 4.78 is 5.82. The van der Waals surface area contributed by atoms with E-state index < -0.39 is 0 Å². The molecule has 0 bridgehead atoms. The van der Waals surface area contributed by atoms with Gasteiger partial charge in [0, 0.05) is 24.7 Å². The Kier molecular flexibility index (Phi) is 4.44. The minimum Gasteiger partial charge on any atom is -0.493 e. The molecule has 1 fully saturated rings. The first-order valence-electron chi connectivity index (χ1n) is 8.65. The molecule has 0 aliphatic carbocycles. The lowest BCUT2D eigenvalue weighted by atomic mass is 9.97. The second-order valence-corrected chi connectivity index (χ2v) is 7.38. The van der Waals surface area contributed by atoms with Crippen LogP contribution in [-0.2, 0) is 0 Å². The summed E-state index contributed by atoms with van der Waals surface area (Å²) in [6.45, 7) is 1.41. The lowest BCUT2D eigenvalue weighted by Crippen LogP contribution is -2.45. The van der Waals surface area contributed by atoms with Crippen molar-refractivity contribution in [3.05, 3.63) is 46.2 Å². The Balaban J connectivity index is 1.61. The van der Waals surface area contributed by atoms with Crippen LogP contribution in [0.5, 0.6) is 5.75 Å². The third-order valence-corrected chi connectivity index (χ3v) is 5.68. The largest absolute Gasteiger partial charge is 0.493 e. The minimum atomic E-state index is -0.162. The van der Waals surface area contributed by atoms with E-state index >= 15 is 0 Å². The van der Waals surface area contributed by atoms with Gasteiger partial charge in [0.2, 0.25) is 0 Å². The highest BCUT2D eigenvalue weighted by molar-refractivity contribution is 7.12. The van der Waals surface area contributed by atoms with Crippen molar-refractivity contribution in [2.45, 2.75) is 31.7 Å². The summed E-state index contributed by atoms with van der Waals surface area (Å²) in [6.07, 6.45) is 4.13. The number of nitrogens with zero attached hydrogens (tertiary/aromatic N) is 1. The van der Waals surface area contributed by atoms with E-state index in [-0.39, 0.29) is 17.9 Å². The average Bonchev–Trinajstić information content (AvgIpc) is 3.16. The van der Waals surface area contributed by atoms with Crippen molar-refractivity contribution >= 4 is 28.8 Å². The summed E-state index contributed by atoms with van der Waals surface area (Å²) in [5.74, 6) is 0.444. The molecule has 130 valence electrons. The molecule has 2 aliphatic rings. The zero-order chi connectivity index (χ0) is 17.2. The van der Waals surface area contributed by atoms with E-state index in [0.29, 0.717) is 28.5 Å². The highest BCUT2D eigenvalue weighted by Crippen LogP contribution is 2.31. The van der Waals surface area contributed by atoms with Gasteiger partial charge in [-0.2, -0.15) is 0 Å².